The first-order valence-electron chi connectivity index (χ1n) is 5.91. The summed E-state index contributed by atoms with van der Waals surface area (Å²) in [5, 5.41) is 28.1. The number of aliphatic carboxylic acids is 1. The van der Waals surface area contributed by atoms with E-state index in [-0.39, 0.29) is 0 Å². The molecule has 96 valence electrons. The van der Waals surface area contributed by atoms with Crippen LogP contribution in [-0.4, -0.2) is 22.8 Å². The highest BCUT2D eigenvalue weighted by Crippen LogP contribution is 2.24. The molecule has 19 heavy (non-hydrogen) atoms. The van der Waals surface area contributed by atoms with Gasteiger partial charge in [0.1, 0.15) is 5.71 Å². The summed E-state index contributed by atoms with van der Waals surface area (Å²) in [4.78, 5) is 10.7. The van der Waals surface area contributed by atoms with E-state index in [2.05, 4.69) is 5.32 Å². The van der Waals surface area contributed by atoms with Crippen molar-refractivity contribution < 1.29 is 9.90 Å². The van der Waals surface area contributed by atoms with Crippen molar-refractivity contribution in [3.8, 4) is 6.07 Å². The van der Waals surface area contributed by atoms with Crippen molar-refractivity contribution in [3.63, 3.8) is 0 Å². The third-order valence-corrected chi connectivity index (χ3v) is 2.78. The molecule has 0 amide bonds. The van der Waals surface area contributed by atoms with E-state index >= 15 is 0 Å². The average molecular weight is 255 g/mol. The second-order valence-electron chi connectivity index (χ2n) is 4.38. The molecule has 1 aromatic carbocycles. The van der Waals surface area contributed by atoms with Crippen LogP contribution >= 0.6 is 0 Å². The topological polar surface area (TPSA) is 97.0 Å². The Kier molecular flexibility index (Phi) is 3.62. The van der Waals surface area contributed by atoms with Crippen LogP contribution in [0.25, 0.3) is 5.70 Å². The predicted molar refractivity (Wildman–Crippen MR) is 70.7 cm³/mol. The Morgan fingerprint density at radius 2 is 2.05 bits per heavy atom. The molecule has 0 aromatic heterocycles. The van der Waals surface area contributed by atoms with Gasteiger partial charge in [0.15, 0.2) is 0 Å². The fourth-order valence-corrected chi connectivity index (χ4v) is 1.59. The van der Waals surface area contributed by atoms with Gasteiger partial charge >= 0.3 is 5.97 Å². The van der Waals surface area contributed by atoms with Crippen molar-refractivity contribution >= 4 is 17.4 Å². The molecule has 0 spiro atoms. The molecular formula is C14H13N3O2. The Bertz CT molecular complexity index is 578. The maximum Gasteiger partial charge on any atom is 0.353 e. The number of nitrogens with zero attached hydrogens (tertiary/aromatic N) is 1. The normalized spacial score (nSPS) is 14.6. The van der Waals surface area contributed by atoms with Crippen molar-refractivity contribution in [1.82, 2.24) is 5.32 Å². The Morgan fingerprint density at radius 1 is 1.42 bits per heavy atom. The first-order valence-corrected chi connectivity index (χ1v) is 5.91. The Hall–Kier alpha value is -2.61. The number of hydrogen-bond acceptors (Lipinski definition) is 4. The first kappa shape index (κ1) is 12.8. The van der Waals surface area contributed by atoms with Gasteiger partial charge in [-0.3, -0.25) is 5.41 Å². The number of nitrogens with one attached hydrogen (secondary N) is 2. The van der Waals surface area contributed by atoms with Gasteiger partial charge < -0.3 is 10.4 Å². The molecule has 1 aromatic rings. The molecule has 1 fully saturated rings. The van der Waals surface area contributed by atoms with E-state index in [1.807, 2.05) is 6.07 Å². The quantitative estimate of drug-likeness (QED) is 0.698. The molecule has 1 aliphatic carbocycles. The van der Waals surface area contributed by atoms with Crippen molar-refractivity contribution in [2.75, 3.05) is 0 Å². The van der Waals surface area contributed by atoms with Crippen molar-refractivity contribution in [2.24, 2.45) is 0 Å². The van der Waals surface area contributed by atoms with Crippen LogP contribution < -0.4 is 5.32 Å². The maximum absolute atomic E-state index is 10.7. The van der Waals surface area contributed by atoms with Crippen LogP contribution in [0.5, 0.6) is 0 Å². The van der Waals surface area contributed by atoms with Crippen molar-refractivity contribution in [1.29, 1.82) is 10.7 Å². The minimum absolute atomic E-state index is 0.350. The van der Waals surface area contributed by atoms with Crippen LogP contribution in [-0.2, 0) is 4.79 Å². The minimum Gasteiger partial charge on any atom is -0.477 e. The van der Waals surface area contributed by atoms with Crippen LogP contribution in [0.15, 0.2) is 30.3 Å². The van der Waals surface area contributed by atoms with E-state index < -0.39 is 11.7 Å². The summed E-state index contributed by atoms with van der Waals surface area (Å²) in [6.45, 7) is 0. The highest BCUT2D eigenvalue weighted by atomic mass is 16.4. The van der Waals surface area contributed by atoms with E-state index in [0.717, 1.165) is 18.4 Å². The average Bonchev–Trinajstić information content (AvgIpc) is 3.22. The van der Waals surface area contributed by atoms with Gasteiger partial charge in [-0.25, -0.2) is 4.79 Å². The molecule has 0 bridgehead atoms. The van der Waals surface area contributed by atoms with Crippen LogP contribution in [0.2, 0.25) is 0 Å². The number of carboxylic acids is 1. The molecule has 2 rings (SSSR count). The fourth-order valence-electron chi connectivity index (χ4n) is 1.59. The smallest absolute Gasteiger partial charge is 0.353 e. The van der Waals surface area contributed by atoms with Gasteiger partial charge in [-0.2, -0.15) is 5.26 Å². The summed E-state index contributed by atoms with van der Waals surface area (Å²) in [5.41, 5.74) is 1.46. The summed E-state index contributed by atoms with van der Waals surface area (Å²) in [5.74, 6) is -1.26. The molecule has 5 nitrogen and oxygen atoms in total. The van der Waals surface area contributed by atoms with E-state index in [0.29, 0.717) is 17.3 Å². The zero-order chi connectivity index (χ0) is 13.8. The lowest BCUT2D eigenvalue weighted by atomic mass is 10.1. The van der Waals surface area contributed by atoms with E-state index in [9.17, 15) is 4.79 Å². The second-order valence-corrected chi connectivity index (χ2v) is 4.38. The standard InChI is InChI=1S/C14H13N3O2/c15-8-9-1-3-10(4-2-9)13(17-11-5-6-11)7-12(16)14(18)19/h1-4,7,11,16-17H,5-6H2,(H,18,19)/b13-7-,16-12?. The third kappa shape index (κ3) is 3.42. The number of nitriles is 1. The highest BCUT2D eigenvalue weighted by Gasteiger charge is 2.22. The first-order chi connectivity index (χ1) is 9.10. The van der Waals surface area contributed by atoms with Crippen LogP contribution in [0.1, 0.15) is 24.0 Å². The van der Waals surface area contributed by atoms with Gasteiger partial charge in [-0.1, -0.05) is 12.1 Å². The number of carboxylic acid groups (broad SMARTS) is 1. The highest BCUT2D eigenvalue weighted by molar-refractivity contribution is 6.40. The second kappa shape index (κ2) is 5.36. The van der Waals surface area contributed by atoms with Crippen LogP contribution in [0.4, 0.5) is 0 Å². The molecule has 3 N–H and O–H groups in total. The van der Waals surface area contributed by atoms with Gasteiger partial charge in [0.05, 0.1) is 11.6 Å². The number of hydrogen-bond donors (Lipinski definition) is 3. The fraction of sp³-hybridized carbons (Fsp3) is 0.214. The Labute approximate surface area is 110 Å². The molecule has 1 aliphatic rings. The van der Waals surface area contributed by atoms with Gasteiger partial charge in [0.2, 0.25) is 0 Å². The zero-order valence-corrected chi connectivity index (χ0v) is 10.2. The molecule has 0 heterocycles. The molecule has 0 radical (unpaired) electrons. The lowest BCUT2D eigenvalue weighted by Gasteiger charge is -2.10. The molecule has 1 saturated carbocycles. The largest absolute Gasteiger partial charge is 0.477 e. The predicted octanol–water partition coefficient (Wildman–Crippen LogP) is 1.76. The van der Waals surface area contributed by atoms with Crippen LogP contribution in [0, 0.1) is 16.7 Å². The van der Waals surface area contributed by atoms with Gasteiger partial charge in [-0.15, -0.1) is 0 Å². The van der Waals surface area contributed by atoms with E-state index in [1.54, 1.807) is 24.3 Å². The Balaban J connectivity index is 2.27. The minimum atomic E-state index is -1.26. The number of carbonyl (C=O) groups is 1. The van der Waals surface area contributed by atoms with Crippen molar-refractivity contribution in [3.05, 3.63) is 41.5 Å². The molecule has 0 saturated heterocycles. The zero-order valence-electron chi connectivity index (χ0n) is 10.2. The van der Waals surface area contributed by atoms with E-state index in [1.165, 1.54) is 6.08 Å². The summed E-state index contributed by atoms with van der Waals surface area (Å²) in [7, 11) is 0. The molecule has 0 unspecified atom stereocenters. The maximum atomic E-state index is 10.7. The number of benzene rings is 1. The SMILES string of the molecule is N#Cc1ccc(/C(=C/C(=N)C(=O)O)NC2CC2)cc1. The molecular weight excluding hydrogens is 242 g/mol. The summed E-state index contributed by atoms with van der Waals surface area (Å²) in [6, 6.07) is 9.21. The summed E-state index contributed by atoms with van der Waals surface area (Å²) >= 11 is 0. The summed E-state index contributed by atoms with van der Waals surface area (Å²) in [6.07, 6.45) is 3.41. The third-order valence-electron chi connectivity index (χ3n) is 2.78. The summed E-state index contributed by atoms with van der Waals surface area (Å²) < 4.78 is 0. The number of rotatable bonds is 5. The van der Waals surface area contributed by atoms with Crippen LogP contribution in [0.3, 0.4) is 0 Å². The Morgan fingerprint density at radius 3 is 2.53 bits per heavy atom. The molecule has 0 aliphatic heterocycles. The lowest BCUT2D eigenvalue weighted by molar-refractivity contribution is -0.129. The monoisotopic (exact) mass is 255 g/mol. The lowest BCUT2D eigenvalue weighted by Crippen LogP contribution is -2.18. The van der Waals surface area contributed by atoms with E-state index in [4.69, 9.17) is 15.8 Å². The van der Waals surface area contributed by atoms with Gasteiger partial charge in [0, 0.05) is 11.7 Å². The molecule has 0 atom stereocenters. The van der Waals surface area contributed by atoms with Gasteiger partial charge in [-0.05, 0) is 36.6 Å². The van der Waals surface area contributed by atoms with Gasteiger partial charge in [0.25, 0.3) is 0 Å². The van der Waals surface area contributed by atoms with Crippen molar-refractivity contribution in [2.45, 2.75) is 18.9 Å². The molecule has 5 heteroatoms.